The van der Waals surface area contributed by atoms with Gasteiger partial charge in [-0.25, -0.2) is 17.1 Å². The van der Waals surface area contributed by atoms with Crippen LogP contribution in [0.25, 0.3) is 0 Å². The summed E-state index contributed by atoms with van der Waals surface area (Å²) in [7, 11) is -2.57. The van der Waals surface area contributed by atoms with E-state index < -0.39 is 27.3 Å². The lowest BCUT2D eigenvalue weighted by molar-refractivity contribution is 0.274. The maximum atomic E-state index is 14.0. The quantitative estimate of drug-likeness (QED) is 0.867. The van der Waals surface area contributed by atoms with Crippen LogP contribution >= 0.6 is 23.4 Å². The lowest BCUT2D eigenvalue weighted by atomic mass is 10.2. The topological polar surface area (TPSA) is 57.6 Å². The predicted molar refractivity (Wildman–Crippen MR) is 75.5 cm³/mol. The van der Waals surface area contributed by atoms with Crippen molar-refractivity contribution in [1.29, 1.82) is 0 Å². The lowest BCUT2D eigenvalue weighted by Gasteiger charge is -2.18. The summed E-state index contributed by atoms with van der Waals surface area (Å²) >= 11 is 7.24. The van der Waals surface area contributed by atoms with Gasteiger partial charge in [-0.05, 0) is 18.4 Å². The second-order valence-corrected chi connectivity index (χ2v) is 7.29. The van der Waals surface area contributed by atoms with Gasteiger partial charge in [0.2, 0.25) is 10.0 Å². The third kappa shape index (κ3) is 3.82. The van der Waals surface area contributed by atoms with Gasteiger partial charge in [-0.3, -0.25) is 0 Å². The van der Waals surface area contributed by atoms with E-state index >= 15 is 0 Å². The molecule has 1 rings (SSSR count). The average Bonchev–Trinajstić information content (AvgIpc) is 2.37. The monoisotopic (exact) mass is 327 g/mol. The Kier molecular flexibility index (Phi) is 6.07. The van der Waals surface area contributed by atoms with Gasteiger partial charge in [0.25, 0.3) is 0 Å². The van der Waals surface area contributed by atoms with Crippen LogP contribution in [0.15, 0.2) is 17.0 Å². The number of rotatable bonds is 6. The molecule has 4 nitrogen and oxygen atoms in total. The molecular weight excluding hydrogens is 313 g/mol. The summed E-state index contributed by atoms with van der Waals surface area (Å²) in [6.45, 7) is -0.340. The molecule has 0 heterocycles. The number of thioether (sulfide) groups is 1. The van der Waals surface area contributed by atoms with Crippen molar-refractivity contribution in [2.24, 2.45) is 0 Å². The van der Waals surface area contributed by atoms with Crippen molar-refractivity contribution in [3.63, 3.8) is 0 Å². The van der Waals surface area contributed by atoms with E-state index in [1.54, 1.807) is 0 Å². The number of benzene rings is 1. The number of nitrogens with zero attached hydrogens (tertiary/aromatic N) is 1. The minimum absolute atomic E-state index is 0.0716. The Labute approximate surface area is 121 Å². The molecule has 0 radical (unpaired) electrons. The first-order valence-electron chi connectivity index (χ1n) is 5.38. The van der Waals surface area contributed by atoms with E-state index in [0.717, 1.165) is 10.4 Å². The van der Waals surface area contributed by atoms with Crippen LogP contribution < -0.4 is 0 Å². The third-order valence-corrected chi connectivity index (χ3v) is 5.21. The highest BCUT2D eigenvalue weighted by atomic mass is 35.5. The molecule has 0 atom stereocenters. The lowest BCUT2D eigenvalue weighted by Crippen LogP contribution is -2.30. The van der Waals surface area contributed by atoms with Crippen LogP contribution in [0.4, 0.5) is 4.39 Å². The van der Waals surface area contributed by atoms with E-state index in [-0.39, 0.29) is 17.1 Å². The number of halogens is 2. The van der Waals surface area contributed by atoms with Crippen LogP contribution in [0.5, 0.6) is 0 Å². The van der Waals surface area contributed by atoms with Crippen LogP contribution in [-0.4, -0.2) is 43.4 Å². The van der Waals surface area contributed by atoms with Crippen molar-refractivity contribution in [3.05, 3.63) is 28.5 Å². The van der Waals surface area contributed by atoms with Crippen molar-refractivity contribution in [3.8, 4) is 0 Å². The van der Waals surface area contributed by atoms with Gasteiger partial charge in [0.15, 0.2) is 0 Å². The SMILES string of the molecule is CSCCN(C)S(=O)(=O)c1cc(Cl)cc(CO)c1F. The Morgan fingerprint density at radius 1 is 1.47 bits per heavy atom. The molecule has 0 amide bonds. The molecule has 1 aromatic carbocycles. The van der Waals surface area contributed by atoms with Crippen molar-refractivity contribution in [2.75, 3.05) is 25.6 Å². The second kappa shape index (κ2) is 6.90. The van der Waals surface area contributed by atoms with Crippen LogP contribution in [0.3, 0.4) is 0 Å². The van der Waals surface area contributed by atoms with Gasteiger partial charge in [0, 0.05) is 29.9 Å². The van der Waals surface area contributed by atoms with Gasteiger partial charge in [0.05, 0.1) is 6.61 Å². The van der Waals surface area contributed by atoms with Crippen LogP contribution in [0.1, 0.15) is 5.56 Å². The number of aliphatic hydroxyl groups is 1. The molecule has 0 saturated heterocycles. The summed E-state index contributed by atoms with van der Waals surface area (Å²) in [5.74, 6) is -0.354. The first-order valence-corrected chi connectivity index (χ1v) is 8.59. The zero-order valence-electron chi connectivity index (χ0n) is 10.6. The van der Waals surface area contributed by atoms with E-state index in [1.807, 2.05) is 6.26 Å². The van der Waals surface area contributed by atoms with E-state index in [9.17, 15) is 12.8 Å². The summed E-state index contributed by atoms with van der Waals surface area (Å²) < 4.78 is 39.5. The van der Waals surface area contributed by atoms with Crippen LogP contribution in [0, 0.1) is 5.82 Å². The fraction of sp³-hybridized carbons (Fsp3) is 0.455. The van der Waals surface area contributed by atoms with E-state index in [2.05, 4.69) is 0 Å². The first kappa shape index (κ1) is 16.7. The molecule has 0 unspecified atom stereocenters. The highest BCUT2D eigenvalue weighted by molar-refractivity contribution is 7.98. The maximum absolute atomic E-state index is 14.0. The Hall–Kier alpha value is -0.340. The van der Waals surface area contributed by atoms with Crippen molar-refractivity contribution in [1.82, 2.24) is 4.31 Å². The largest absolute Gasteiger partial charge is 0.392 e. The van der Waals surface area contributed by atoms with Crippen molar-refractivity contribution in [2.45, 2.75) is 11.5 Å². The zero-order valence-corrected chi connectivity index (χ0v) is 12.9. The number of sulfonamides is 1. The smallest absolute Gasteiger partial charge is 0.245 e. The molecule has 1 aromatic rings. The van der Waals surface area contributed by atoms with Gasteiger partial charge in [-0.15, -0.1) is 0 Å². The van der Waals surface area contributed by atoms with Gasteiger partial charge < -0.3 is 5.11 Å². The minimum Gasteiger partial charge on any atom is -0.392 e. The molecule has 0 aromatic heterocycles. The molecule has 0 saturated carbocycles. The molecule has 0 aliphatic rings. The number of hydrogen-bond donors (Lipinski definition) is 1. The standard InChI is InChI=1S/C11H15ClFNO3S2/c1-14(3-4-18-2)19(16,17)10-6-9(12)5-8(7-15)11(10)13/h5-6,15H,3-4,7H2,1-2H3. The van der Waals surface area contributed by atoms with Crippen molar-refractivity contribution < 1.29 is 17.9 Å². The Morgan fingerprint density at radius 2 is 2.11 bits per heavy atom. The van der Waals surface area contributed by atoms with E-state index in [4.69, 9.17) is 16.7 Å². The average molecular weight is 328 g/mol. The second-order valence-electron chi connectivity index (χ2n) is 3.85. The molecule has 8 heteroatoms. The Balaban J connectivity index is 3.25. The minimum atomic E-state index is -3.95. The van der Waals surface area contributed by atoms with Gasteiger partial charge >= 0.3 is 0 Å². The van der Waals surface area contributed by atoms with Gasteiger partial charge in [-0.1, -0.05) is 11.6 Å². The van der Waals surface area contributed by atoms with E-state index in [0.29, 0.717) is 5.75 Å². The summed E-state index contributed by atoms with van der Waals surface area (Å²) in [5.41, 5.74) is -0.135. The van der Waals surface area contributed by atoms with Crippen molar-refractivity contribution >= 4 is 33.4 Å². The van der Waals surface area contributed by atoms with E-state index in [1.165, 1.54) is 24.9 Å². The van der Waals surface area contributed by atoms with Crippen LogP contribution in [0.2, 0.25) is 5.02 Å². The number of aliphatic hydroxyl groups excluding tert-OH is 1. The summed E-state index contributed by atoms with van der Waals surface area (Å²) in [5, 5.41) is 9.07. The molecule has 108 valence electrons. The highest BCUT2D eigenvalue weighted by Gasteiger charge is 2.26. The van der Waals surface area contributed by atoms with Gasteiger partial charge in [0.1, 0.15) is 10.7 Å². The summed E-state index contributed by atoms with van der Waals surface area (Å²) in [4.78, 5) is -0.507. The number of hydrogen-bond acceptors (Lipinski definition) is 4. The first-order chi connectivity index (χ1) is 8.84. The molecule has 0 aliphatic heterocycles. The molecular formula is C11H15ClFNO3S2. The fourth-order valence-corrected chi connectivity index (χ4v) is 3.61. The maximum Gasteiger partial charge on any atom is 0.245 e. The fourth-order valence-electron chi connectivity index (χ4n) is 1.43. The molecule has 0 bridgehead atoms. The Bertz CT molecular complexity index is 551. The molecule has 0 spiro atoms. The predicted octanol–water partition coefficient (Wildman–Crippen LogP) is 1.95. The molecule has 0 aliphatic carbocycles. The zero-order chi connectivity index (χ0) is 14.6. The summed E-state index contributed by atoms with van der Waals surface area (Å²) in [6, 6.07) is 2.26. The Morgan fingerprint density at radius 3 is 2.63 bits per heavy atom. The van der Waals surface area contributed by atoms with Gasteiger partial charge in [-0.2, -0.15) is 11.8 Å². The van der Waals surface area contributed by atoms with Crippen LogP contribution in [-0.2, 0) is 16.6 Å². The summed E-state index contributed by atoms with van der Waals surface area (Å²) in [6.07, 6.45) is 1.85. The highest BCUT2D eigenvalue weighted by Crippen LogP contribution is 2.26. The third-order valence-electron chi connectivity index (χ3n) is 2.55. The molecule has 19 heavy (non-hydrogen) atoms. The molecule has 1 N–H and O–H groups in total. The normalized spacial score (nSPS) is 12.1. The molecule has 0 fully saturated rings.